The first-order valence-electron chi connectivity index (χ1n) is 7.08. The molecular weight excluding hydrogens is 275 g/mol. The van der Waals surface area contributed by atoms with E-state index >= 15 is 0 Å². The van der Waals surface area contributed by atoms with Crippen LogP contribution in [0.1, 0.15) is 18.4 Å². The first-order valence-corrected chi connectivity index (χ1v) is 7.08. The van der Waals surface area contributed by atoms with Crippen molar-refractivity contribution in [3.05, 3.63) is 35.6 Å². The van der Waals surface area contributed by atoms with Crippen LogP contribution in [0, 0.1) is 5.82 Å². The highest BCUT2D eigenvalue weighted by molar-refractivity contribution is 5.76. The van der Waals surface area contributed by atoms with Gasteiger partial charge in [0.15, 0.2) is 0 Å². The van der Waals surface area contributed by atoms with Gasteiger partial charge in [-0.25, -0.2) is 9.18 Å². The lowest BCUT2D eigenvalue weighted by Gasteiger charge is -2.12. The van der Waals surface area contributed by atoms with Gasteiger partial charge in [-0.05, 0) is 30.5 Å². The molecule has 1 aliphatic heterocycles. The molecule has 114 valence electrons. The smallest absolute Gasteiger partial charge is 0.409 e. The maximum atomic E-state index is 13.0. The first kappa shape index (κ1) is 15.3. The van der Waals surface area contributed by atoms with Gasteiger partial charge in [-0.2, -0.15) is 0 Å². The second-order valence-corrected chi connectivity index (χ2v) is 4.93. The summed E-state index contributed by atoms with van der Waals surface area (Å²) in [6.45, 7) is 2.17. The van der Waals surface area contributed by atoms with E-state index in [9.17, 15) is 14.0 Å². The summed E-state index contributed by atoms with van der Waals surface area (Å²) >= 11 is 0. The molecule has 0 aromatic heterocycles. The number of nitrogens with one attached hydrogen (secondary N) is 1. The van der Waals surface area contributed by atoms with E-state index in [1.165, 1.54) is 12.1 Å². The summed E-state index contributed by atoms with van der Waals surface area (Å²) in [5.41, 5.74) is 0.810. The van der Waals surface area contributed by atoms with Crippen LogP contribution in [0.5, 0.6) is 0 Å². The number of halogens is 1. The number of hydrogen-bond acceptors (Lipinski definition) is 3. The molecule has 1 N–H and O–H groups in total. The molecule has 1 aromatic rings. The monoisotopic (exact) mass is 294 g/mol. The zero-order chi connectivity index (χ0) is 15.1. The van der Waals surface area contributed by atoms with E-state index in [-0.39, 0.29) is 17.8 Å². The number of carbonyl (C=O) groups is 2. The number of rotatable bonds is 7. The molecule has 1 aromatic carbocycles. The highest BCUT2D eigenvalue weighted by Gasteiger charge is 2.20. The Morgan fingerprint density at radius 3 is 3.00 bits per heavy atom. The van der Waals surface area contributed by atoms with Crippen molar-refractivity contribution >= 4 is 12.0 Å². The number of ether oxygens (including phenoxy) is 1. The normalized spacial score (nSPS) is 14.1. The number of benzene rings is 1. The molecule has 1 aliphatic rings. The number of cyclic esters (lactones) is 1. The van der Waals surface area contributed by atoms with Gasteiger partial charge in [0.05, 0.1) is 6.54 Å². The predicted molar refractivity (Wildman–Crippen MR) is 75.3 cm³/mol. The fraction of sp³-hybridized carbons (Fsp3) is 0.467. The van der Waals surface area contributed by atoms with Crippen LogP contribution in [0.3, 0.4) is 0 Å². The lowest BCUT2D eigenvalue weighted by atomic mass is 10.1. The Bertz CT molecular complexity index is 507. The van der Waals surface area contributed by atoms with Gasteiger partial charge in [0, 0.05) is 19.5 Å². The molecular formula is C15H19FN2O3. The average molecular weight is 294 g/mol. The third kappa shape index (κ3) is 5.06. The van der Waals surface area contributed by atoms with Crippen LogP contribution in [0.15, 0.2) is 24.3 Å². The summed E-state index contributed by atoms with van der Waals surface area (Å²) in [6, 6.07) is 6.26. The van der Waals surface area contributed by atoms with Crippen LogP contribution in [0.25, 0.3) is 0 Å². The third-order valence-electron chi connectivity index (χ3n) is 3.30. The Balaban J connectivity index is 1.58. The van der Waals surface area contributed by atoms with Crippen molar-refractivity contribution in [2.75, 3.05) is 26.2 Å². The quantitative estimate of drug-likeness (QED) is 0.779. The Hall–Kier alpha value is -2.11. The van der Waals surface area contributed by atoms with Gasteiger partial charge in [-0.1, -0.05) is 12.1 Å². The fourth-order valence-corrected chi connectivity index (χ4v) is 2.17. The summed E-state index contributed by atoms with van der Waals surface area (Å²) < 4.78 is 17.8. The van der Waals surface area contributed by atoms with Gasteiger partial charge in [0.1, 0.15) is 12.4 Å². The van der Waals surface area contributed by atoms with Crippen molar-refractivity contribution in [1.29, 1.82) is 0 Å². The van der Waals surface area contributed by atoms with Crippen molar-refractivity contribution < 1.29 is 18.7 Å². The third-order valence-corrected chi connectivity index (χ3v) is 3.30. The van der Waals surface area contributed by atoms with Crippen LogP contribution in [-0.2, 0) is 16.0 Å². The summed E-state index contributed by atoms with van der Waals surface area (Å²) in [4.78, 5) is 24.5. The summed E-state index contributed by atoms with van der Waals surface area (Å²) in [7, 11) is 0. The molecule has 0 atom stereocenters. The Morgan fingerprint density at radius 2 is 2.29 bits per heavy atom. The van der Waals surface area contributed by atoms with Crippen molar-refractivity contribution in [3.63, 3.8) is 0 Å². The van der Waals surface area contributed by atoms with E-state index in [4.69, 9.17) is 4.74 Å². The minimum Gasteiger partial charge on any atom is -0.448 e. The van der Waals surface area contributed by atoms with Crippen molar-refractivity contribution in [1.82, 2.24) is 10.2 Å². The van der Waals surface area contributed by atoms with Crippen LogP contribution < -0.4 is 5.32 Å². The number of aryl methyl sites for hydroxylation is 1. The van der Waals surface area contributed by atoms with E-state index in [1.807, 2.05) is 0 Å². The van der Waals surface area contributed by atoms with Crippen molar-refractivity contribution in [2.45, 2.75) is 19.3 Å². The molecule has 0 spiro atoms. The molecule has 21 heavy (non-hydrogen) atoms. The molecule has 2 rings (SSSR count). The van der Waals surface area contributed by atoms with Gasteiger partial charge in [0.2, 0.25) is 5.91 Å². The van der Waals surface area contributed by atoms with Crippen LogP contribution in [0.2, 0.25) is 0 Å². The number of nitrogens with zero attached hydrogens (tertiary/aromatic N) is 1. The van der Waals surface area contributed by atoms with Crippen molar-refractivity contribution in [3.8, 4) is 0 Å². The molecule has 0 aliphatic carbocycles. The highest BCUT2D eigenvalue weighted by atomic mass is 19.1. The second-order valence-electron chi connectivity index (χ2n) is 4.93. The molecule has 1 fully saturated rings. The average Bonchev–Trinajstić information content (AvgIpc) is 2.87. The maximum absolute atomic E-state index is 13.0. The lowest BCUT2D eigenvalue weighted by Crippen LogP contribution is -2.30. The van der Waals surface area contributed by atoms with E-state index in [0.29, 0.717) is 45.5 Å². The Morgan fingerprint density at radius 1 is 1.43 bits per heavy atom. The Labute approximate surface area is 123 Å². The number of carbonyl (C=O) groups excluding carboxylic acids is 2. The largest absolute Gasteiger partial charge is 0.448 e. The van der Waals surface area contributed by atoms with Gasteiger partial charge in [-0.15, -0.1) is 0 Å². The van der Waals surface area contributed by atoms with Crippen LogP contribution in [0.4, 0.5) is 9.18 Å². The van der Waals surface area contributed by atoms with E-state index in [0.717, 1.165) is 5.56 Å². The second kappa shape index (κ2) is 7.61. The van der Waals surface area contributed by atoms with E-state index < -0.39 is 0 Å². The maximum Gasteiger partial charge on any atom is 0.409 e. The molecule has 6 heteroatoms. The number of hydrogen-bond donors (Lipinski definition) is 1. The summed E-state index contributed by atoms with van der Waals surface area (Å²) in [6.07, 6.45) is 1.25. The molecule has 0 radical (unpaired) electrons. The Kier molecular flexibility index (Phi) is 5.54. The lowest BCUT2D eigenvalue weighted by molar-refractivity contribution is -0.121. The van der Waals surface area contributed by atoms with E-state index in [1.54, 1.807) is 17.0 Å². The van der Waals surface area contributed by atoms with Gasteiger partial charge >= 0.3 is 6.09 Å². The molecule has 1 saturated heterocycles. The summed E-state index contributed by atoms with van der Waals surface area (Å²) in [5, 5.41) is 2.79. The van der Waals surface area contributed by atoms with Crippen LogP contribution >= 0.6 is 0 Å². The predicted octanol–water partition coefficient (Wildman–Crippen LogP) is 1.72. The van der Waals surface area contributed by atoms with E-state index in [2.05, 4.69) is 5.32 Å². The molecule has 1 heterocycles. The minimum atomic E-state index is -0.287. The first-order chi connectivity index (χ1) is 10.1. The fourth-order valence-electron chi connectivity index (χ4n) is 2.17. The van der Waals surface area contributed by atoms with Gasteiger partial charge < -0.3 is 15.0 Å². The minimum absolute atomic E-state index is 0.0664. The summed E-state index contributed by atoms with van der Waals surface area (Å²) in [5.74, 6) is -0.353. The van der Waals surface area contributed by atoms with Crippen LogP contribution in [-0.4, -0.2) is 43.1 Å². The zero-order valence-corrected chi connectivity index (χ0v) is 11.8. The standard InChI is InChI=1S/C15H19FN2O3/c16-13-4-1-3-12(11-13)5-6-14(19)17-7-2-8-18-9-10-21-15(18)20/h1,3-4,11H,2,5-10H2,(H,17,19). The highest BCUT2D eigenvalue weighted by Crippen LogP contribution is 2.06. The number of amides is 2. The molecule has 0 bridgehead atoms. The van der Waals surface area contributed by atoms with Gasteiger partial charge in [0.25, 0.3) is 0 Å². The zero-order valence-electron chi connectivity index (χ0n) is 11.8. The SMILES string of the molecule is O=C(CCc1cccc(F)c1)NCCCN1CCOC1=O. The molecule has 0 saturated carbocycles. The topological polar surface area (TPSA) is 58.6 Å². The molecule has 5 nitrogen and oxygen atoms in total. The van der Waals surface area contributed by atoms with Crippen molar-refractivity contribution in [2.24, 2.45) is 0 Å². The van der Waals surface area contributed by atoms with Gasteiger partial charge in [-0.3, -0.25) is 4.79 Å². The molecule has 2 amide bonds. The molecule has 0 unspecified atom stereocenters.